The number of carbonyl (C=O) groups is 2. The first-order valence-corrected chi connectivity index (χ1v) is 8.17. The van der Waals surface area contributed by atoms with Crippen LogP contribution in [0.2, 0.25) is 0 Å². The summed E-state index contributed by atoms with van der Waals surface area (Å²) in [4.78, 5) is 24.6. The lowest BCUT2D eigenvalue weighted by Gasteiger charge is -2.25. The molecule has 0 radical (unpaired) electrons. The van der Waals surface area contributed by atoms with Crippen LogP contribution < -0.4 is 0 Å². The van der Waals surface area contributed by atoms with E-state index in [1.165, 1.54) is 16.7 Å². The molecule has 6 heteroatoms. The fourth-order valence-electron chi connectivity index (χ4n) is 2.21. The van der Waals surface area contributed by atoms with Crippen LogP contribution >= 0.6 is 23.5 Å². The van der Waals surface area contributed by atoms with Gasteiger partial charge in [-0.1, -0.05) is 0 Å². The lowest BCUT2D eigenvalue weighted by molar-refractivity contribution is -0.148. The summed E-state index contributed by atoms with van der Waals surface area (Å²) in [6.45, 7) is 0. The first-order chi connectivity index (χ1) is 8.18. The van der Waals surface area contributed by atoms with Crippen LogP contribution in [-0.4, -0.2) is 51.1 Å². The number of aliphatic carboxylic acids is 1. The number of carboxylic acid groups (broad SMARTS) is 1. The Balaban J connectivity index is 1.88. The molecule has 2 aliphatic rings. The van der Waals surface area contributed by atoms with E-state index in [0.717, 1.165) is 24.3 Å². The SMILES string of the molecule is O=C(O)[C@@H]1CSCN1C(=O)CC1CCSCC1. The van der Waals surface area contributed by atoms with E-state index in [2.05, 4.69) is 0 Å². The van der Waals surface area contributed by atoms with Gasteiger partial charge in [0.25, 0.3) is 0 Å². The van der Waals surface area contributed by atoms with Crippen LogP contribution in [0.15, 0.2) is 0 Å². The van der Waals surface area contributed by atoms with Crippen molar-refractivity contribution in [2.24, 2.45) is 5.92 Å². The summed E-state index contributed by atoms with van der Waals surface area (Å²) in [6.07, 6.45) is 2.72. The van der Waals surface area contributed by atoms with Crippen LogP contribution in [-0.2, 0) is 9.59 Å². The number of nitrogens with zero attached hydrogens (tertiary/aromatic N) is 1. The van der Waals surface area contributed by atoms with Crippen molar-refractivity contribution in [2.75, 3.05) is 23.1 Å². The van der Waals surface area contributed by atoms with Crippen molar-refractivity contribution in [1.29, 1.82) is 0 Å². The molecule has 0 aromatic carbocycles. The summed E-state index contributed by atoms with van der Waals surface area (Å²) in [6, 6.07) is -0.606. The molecule has 0 saturated carbocycles. The predicted molar refractivity (Wildman–Crippen MR) is 70.3 cm³/mol. The van der Waals surface area contributed by atoms with E-state index in [9.17, 15) is 9.59 Å². The second-order valence-electron chi connectivity index (χ2n) is 4.48. The van der Waals surface area contributed by atoms with E-state index >= 15 is 0 Å². The molecular formula is C11H17NO3S2. The zero-order valence-electron chi connectivity index (χ0n) is 9.63. The standard InChI is InChI=1S/C11H17NO3S2/c13-10(5-8-1-3-16-4-2-8)12-7-17-6-9(12)11(14)15/h8-9H,1-7H2,(H,14,15)/t9-/m0/s1. The molecule has 0 aromatic heterocycles. The van der Waals surface area contributed by atoms with Gasteiger partial charge in [0.2, 0.25) is 5.91 Å². The molecule has 0 unspecified atom stereocenters. The number of amides is 1. The van der Waals surface area contributed by atoms with Crippen molar-refractivity contribution in [1.82, 2.24) is 4.90 Å². The molecule has 0 aliphatic carbocycles. The largest absolute Gasteiger partial charge is 0.480 e. The molecule has 1 atom stereocenters. The van der Waals surface area contributed by atoms with Crippen LogP contribution in [0.5, 0.6) is 0 Å². The molecule has 0 aromatic rings. The Bertz CT molecular complexity index is 305. The zero-order valence-corrected chi connectivity index (χ0v) is 11.3. The lowest BCUT2D eigenvalue weighted by Crippen LogP contribution is -2.42. The van der Waals surface area contributed by atoms with Gasteiger partial charge in [0.15, 0.2) is 0 Å². The minimum Gasteiger partial charge on any atom is -0.480 e. The molecule has 0 bridgehead atoms. The second-order valence-corrected chi connectivity index (χ2v) is 6.70. The summed E-state index contributed by atoms with van der Waals surface area (Å²) >= 11 is 3.47. The lowest BCUT2D eigenvalue weighted by atomic mass is 9.98. The van der Waals surface area contributed by atoms with Gasteiger partial charge in [-0.3, -0.25) is 4.79 Å². The van der Waals surface area contributed by atoms with E-state index in [4.69, 9.17) is 5.11 Å². The average molecular weight is 275 g/mol. The average Bonchev–Trinajstić information content (AvgIpc) is 2.79. The number of carbonyl (C=O) groups excluding carboxylic acids is 1. The van der Waals surface area contributed by atoms with Crippen molar-refractivity contribution in [3.63, 3.8) is 0 Å². The third kappa shape index (κ3) is 3.31. The van der Waals surface area contributed by atoms with Gasteiger partial charge in [0.1, 0.15) is 6.04 Å². The molecule has 17 heavy (non-hydrogen) atoms. The quantitative estimate of drug-likeness (QED) is 0.846. The number of carboxylic acids is 1. The Morgan fingerprint density at radius 2 is 1.94 bits per heavy atom. The Kier molecular flexibility index (Phi) is 4.62. The highest BCUT2D eigenvalue weighted by Crippen LogP contribution is 2.28. The fourth-order valence-corrected chi connectivity index (χ4v) is 4.58. The van der Waals surface area contributed by atoms with Gasteiger partial charge in [0.05, 0.1) is 5.88 Å². The monoisotopic (exact) mass is 275 g/mol. The van der Waals surface area contributed by atoms with Gasteiger partial charge in [-0.15, -0.1) is 11.8 Å². The maximum absolute atomic E-state index is 12.1. The highest BCUT2D eigenvalue weighted by Gasteiger charge is 2.35. The highest BCUT2D eigenvalue weighted by atomic mass is 32.2. The molecule has 2 aliphatic heterocycles. The molecule has 2 fully saturated rings. The Labute approximate surface area is 110 Å². The Hall–Kier alpha value is -0.360. The maximum atomic E-state index is 12.1. The smallest absolute Gasteiger partial charge is 0.327 e. The molecule has 2 heterocycles. The highest BCUT2D eigenvalue weighted by molar-refractivity contribution is 7.99. The number of thioether (sulfide) groups is 2. The van der Waals surface area contributed by atoms with Crippen molar-refractivity contribution in [3.8, 4) is 0 Å². The summed E-state index contributed by atoms with van der Waals surface area (Å²) < 4.78 is 0. The van der Waals surface area contributed by atoms with Crippen LogP contribution in [0.25, 0.3) is 0 Å². The van der Waals surface area contributed by atoms with Crippen molar-refractivity contribution < 1.29 is 14.7 Å². The molecule has 1 amide bonds. The fraction of sp³-hybridized carbons (Fsp3) is 0.818. The molecule has 0 spiro atoms. The minimum atomic E-state index is -0.873. The summed E-state index contributed by atoms with van der Waals surface area (Å²) in [5, 5.41) is 9.03. The third-order valence-electron chi connectivity index (χ3n) is 3.29. The third-order valence-corrected chi connectivity index (χ3v) is 5.35. The summed E-state index contributed by atoms with van der Waals surface area (Å²) in [7, 11) is 0. The summed E-state index contributed by atoms with van der Waals surface area (Å²) in [5.74, 6) is 2.95. The number of hydrogen-bond donors (Lipinski definition) is 1. The van der Waals surface area contributed by atoms with E-state index in [1.807, 2.05) is 11.8 Å². The van der Waals surface area contributed by atoms with Gasteiger partial charge in [0, 0.05) is 12.2 Å². The topological polar surface area (TPSA) is 57.6 Å². The first kappa shape index (κ1) is 13.1. The van der Waals surface area contributed by atoms with Crippen molar-refractivity contribution in [2.45, 2.75) is 25.3 Å². The number of hydrogen-bond acceptors (Lipinski definition) is 4. The van der Waals surface area contributed by atoms with Crippen LogP contribution in [0.3, 0.4) is 0 Å². The molecule has 1 N–H and O–H groups in total. The Morgan fingerprint density at radius 3 is 2.59 bits per heavy atom. The molecular weight excluding hydrogens is 258 g/mol. The Morgan fingerprint density at radius 1 is 1.24 bits per heavy atom. The first-order valence-electron chi connectivity index (χ1n) is 5.86. The van der Waals surface area contributed by atoms with Gasteiger partial charge < -0.3 is 10.0 Å². The van der Waals surface area contributed by atoms with E-state index in [-0.39, 0.29) is 5.91 Å². The van der Waals surface area contributed by atoms with Crippen LogP contribution in [0.4, 0.5) is 0 Å². The van der Waals surface area contributed by atoms with Gasteiger partial charge >= 0.3 is 5.97 Å². The van der Waals surface area contributed by atoms with E-state index < -0.39 is 12.0 Å². The second kappa shape index (κ2) is 6.00. The van der Waals surface area contributed by atoms with Crippen LogP contribution in [0.1, 0.15) is 19.3 Å². The van der Waals surface area contributed by atoms with Gasteiger partial charge in [-0.25, -0.2) is 4.79 Å². The predicted octanol–water partition coefficient (Wildman–Crippen LogP) is 1.51. The zero-order chi connectivity index (χ0) is 12.3. The molecule has 4 nitrogen and oxygen atoms in total. The molecule has 2 saturated heterocycles. The van der Waals surface area contributed by atoms with Gasteiger partial charge in [-0.2, -0.15) is 11.8 Å². The molecule has 96 valence electrons. The van der Waals surface area contributed by atoms with Crippen LogP contribution in [0, 0.1) is 5.92 Å². The normalized spacial score (nSPS) is 26.1. The number of rotatable bonds is 3. The van der Waals surface area contributed by atoms with Gasteiger partial charge in [-0.05, 0) is 30.3 Å². The van der Waals surface area contributed by atoms with E-state index in [0.29, 0.717) is 24.0 Å². The maximum Gasteiger partial charge on any atom is 0.327 e. The minimum absolute atomic E-state index is 0.0271. The van der Waals surface area contributed by atoms with E-state index in [1.54, 1.807) is 0 Å². The summed E-state index contributed by atoms with van der Waals surface area (Å²) in [5.41, 5.74) is 0. The molecule has 2 rings (SSSR count). The van der Waals surface area contributed by atoms with Crippen molar-refractivity contribution >= 4 is 35.4 Å². The van der Waals surface area contributed by atoms with Crippen molar-refractivity contribution in [3.05, 3.63) is 0 Å².